The van der Waals surface area contributed by atoms with Gasteiger partial charge in [0.1, 0.15) is 18.2 Å². The Morgan fingerprint density at radius 1 is 1.06 bits per heavy atom. The van der Waals surface area contributed by atoms with Gasteiger partial charge in [-0.25, -0.2) is 0 Å². The van der Waals surface area contributed by atoms with Crippen LogP contribution in [0.4, 0.5) is 0 Å². The molecular formula is C14H14N2O. The molecule has 0 atom stereocenters. The predicted molar refractivity (Wildman–Crippen MR) is 68.2 cm³/mol. The van der Waals surface area contributed by atoms with Crippen LogP contribution in [0.2, 0.25) is 0 Å². The minimum atomic E-state index is 0.0755. The zero-order valence-electron chi connectivity index (χ0n) is 9.39. The number of para-hydroxylation sites is 1. The van der Waals surface area contributed by atoms with Crippen molar-refractivity contribution in [1.29, 1.82) is 5.41 Å². The van der Waals surface area contributed by atoms with Crippen molar-refractivity contribution >= 4 is 5.84 Å². The van der Waals surface area contributed by atoms with Crippen molar-refractivity contribution in [3.8, 4) is 5.75 Å². The Morgan fingerprint density at radius 2 is 1.82 bits per heavy atom. The lowest BCUT2D eigenvalue weighted by Crippen LogP contribution is -2.11. The Morgan fingerprint density at radius 3 is 2.53 bits per heavy atom. The maximum Gasteiger partial charge on any atom is 0.122 e. The SMILES string of the molecule is N=C(N)c1cccc(COc2ccccc2)c1. The highest BCUT2D eigenvalue weighted by molar-refractivity contribution is 5.95. The predicted octanol–water partition coefficient (Wildman–Crippen LogP) is 2.55. The maximum absolute atomic E-state index is 7.37. The molecule has 2 rings (SSSR count). The lowest BCUT2D eigenvalue weighted by molar-refractivity contribution is 0.306. The average molecular weight is 226 g/mol. The van der Waals surface area contributed by atoms with Gasteiger partial charge < -0.3 is 10.5 Å². The Hall–Kier alpha value is -2.29. The van der Waals surface area contributed by atoms with Crippen molar-refractivity contribution < 1.29 is 4.74 Å². The zero-order valence-corrected chi connectivity index (χ0v) is 9.39. The lowest BCUT2D eigenvalue weighted by Gasteiger charge is -2.07. The van der Waals surface area contributed by atoms with Gasteiger partial charge in [-0.05, 0) is 23.8 Å². The fourth-order valence-electron chi connectivity index (χ4n) is 1.51. The van der Waals surface area contributed by atoms with Gasteiger partial charge in [0.05, 0.1) is 0 Å². The fourth-order valence-corrected chi connectivity index (χ4v) is 1.51. The van der Waals surface area contributed by atoms with Gasteiger partial charge in [-0.2, -0.15) is 0 Å². The van der Waals surface area contributed by atoms with Gasteiger partial charge in [-0.3, -0.25) is 5.41 Å². The molecule has 0 aliphatic heterocycles. The Bertz CT molecular complexity index is 509. The highest BCUT2D eigenvalue weighted by Gasteiger charge is 1.99. The first-order chi connectivity index (χ1) is 8.25. The number of hydrogen-bond acceptors (Lipinski definition) is 2. The minimum Gasteiger partial charge on any atom is -0.489 e. The van der Waals surface area contributed by atoms with E-state index in [2.05, 4.69) is 0 Å². The van der Waals surface area contributed by atoms with Crippen LogP contribution in [0.5, 0.6) is 5.75 Å². The summed E-state index contributed by atoms with van der Waals surface area (Å²) in [5.74, 6) is 0.910. The summed E-state index contributed by atoms with van der Waals surface area (Å²) < 4.78 is 5.62. The molecule has 0 unspecified atom stereocenters. The van der Waals surface area contributed by atoms with Crippen molar-refractivity contribution in [2.24, 2.45) is 5.73 Å². The number of nitrogens with one attached hydrogen (secondary N) is 1. The van der Waals surface area contributed by atoms with Crippen molar-refractivity contribution in [3.63, 3.8) is 0 Å². The second-order valence-electron chi connectivity index (χ2n) is 3.72. The van der Waals surface area contributed by atoms with E-state index in [1.165, 1.54) is 0 Å². The fraction of sp³-hybridized carbons (Fsp3) is 0.0714. The minimum absolute atomic E-state index is 0.0755. The van der Waals surface area contributed by atoms with E-state index in [0.717, 1.165) is 16.9 Å². The number of benzene rings is 2. The summed E-state index contributed by atoms with van der Waals surface area (Å²) in [6, 6.07) is 17.1. The Labute approximate surface area is 100 Å². The van der Waals surface area contributed by atoms with E-state index in [-0.39, 0.29) is 5.84 Å². The molecular weight excluding hydrogens is 212 g/mol. The van der Waals surface area contributed by atoms with E-state index in [1.807, 2.05) is 54.6 Å². The van der Waals surface area contributed by atoms with Gasteiger partial charge in [0.15, 0.2) is 0 Å². The summed E-state index contributed by atoms with van der Waals surface area (Å²) in [7, 11) is 0. The van der Waals surface area contributed by atoms with E-state index in [4.69, 9.17) is 15.9 Å². The normalized spacial score (nSPS) is 9.88. The summed E-state index contributed by atoms with van der Waals surface area (Å²) in [6.07, 6.45) is 0. The Balaban J connectivity index is 2.04. The highest BCUT2D eigenvalue weighted by Crippen LogP contribution is 2.12. The van der Waals surface area contributed by atoms with Gasteiger partial charge in [0, 0.05) is 5.56 Å². The van der Waals surface area contributed by atoms with E-state index < -0.39 is 0 Å². The number of amidine groups is 1. The third-order valence-corrected chi connectivity index (χ3v) is 2.39. The second kappa shape index (κ2) is 5.16. The van der Waals surface area contributed by atoms with Gasteiger partial charge in [0.25, 0.3) is 0 Å². The number of nitrogens with two attached hydrogens (primary N) is 1. The van der Waals surface area contributed by atoms with Crippen LogP contribution in [0.3, 0.4) is 0 Å². The summed E-state index contributed by atoms with van der Waals surface area (Å²) in [4.78, 5) is 0. The van der Waals surface area contributed by atoms with Crippen LogP contribution in [0.25, 0.3) is 0 Å². The number of nitrogen functional groups attached to an aromatic ring is 1. The van der Waals surface area contributed by atoms with Crippen LogP contribution in [-0.4, -0.2) is 5.84 Å². The molecule has 2 aromatic carbocycles. The summed E-state index contributed by atoms with van der Waals surface area (Å²) in [6.45, 7) is 0.477. The maximum atomic E-state index is 7.37. The van der Waals surface area contributed by atoms with E-state index in [0.29, 0.717) is 6.61 Å². The largest absolute Gasteiger partial charge is 0.489 e. The van der Waals surface area contributed by atoms with Gasteiger partial charge in [-0.1, -0.05) is 36.4 Å². The van der Waals surface area contributed by atoms with Crippen molar-refractivity contribution in [2.75, 3.05) is 0 Å². The molecule has 0 saturated carbocycles. The number of rotatable bonds is 4. The average Bonchev–Trinajstić information content (AvgIpc) is 2.38. The molecule has 3 heteroatoms. The zero-order chi connectivity index (χ0) is 12.1. The molecule has 0 aromatic heterocycles. The van der Waals surface area contributed by atoms with Crippen molar-refractivity contribution in [1.82, 2.24) is 0 Å². The van der Waals surface area contributed by atoms with Gasteiger partial charge in [0.2, 0.25) is 0 Å². The lowest BCUT2D eigenvalue weighted by atomic mass is 10.1. The monoisotopic (exact) mass is 226 g/mol. The van der Waals surface area contributed by atoms with Crippen molar-refractivity contribution in [2.45, 2.75) is 6.61 Å². The summed E-state index contributed by atoms with van der Waals surface area (Å²) in [5, 5.41) is 7.37. The summed E-state index contributed by atoms with van der Waals surface area (Å²) >= 11 is 0. The molecule has 0 spiro atoms. The molecule has 86 valence electrons. The molecule has 0 radical (unpaired) electrons. The molecule has 3 nitrogen and oxygen atoms in total. The van der Waals surface area contributed by atoms with Gasteiger partial charge >= 0.3 is 0 Å². The molecule has 0 saturated heterocycles. The molecule has 0 heterocycles. The van der Waals surface area contributed by atoms with E-state index in [9.17, 15) is 0 Å². The van der Waals surface area contributed by atoms with Crippen LogP contribution in [0, 0.1) is 5.41 Å². The highest BCUT2D eigenvalue weighted by atomic mass is 16.5. The Kier molecular flexibility index (Phi) is 3.40. The van der Waals surface area contributed by atoms with Crippen LogP contribution in [0.1, 0.15) is 11.1 Å². The molecule has 0 bridgehead atoms. The van der Waals surface area contributed by atoms with Crippen LogP contribution < -0.4 is 10.5 Å². The quantitative estimate of drug-likeness (QED) is 0.621. The molecule has 2 aromatic rings. The topological polar surface area (TPSA) is 59.1 Å². The van der Waals surface area contributed by atoms with Crippen LogP contribution in [-0.2, 0) is 6.61 Å². The second-order valence-corrected chi connectivity index (χ2v) is 3.72. The number of ether oxygens (including phenoxy) is 1. The molecule has 17 heavy (non-hydrogen) atoms. The summed E-state index contributed by atoms with van der Waals surface area (Å²) in [5.41, 5.74) is 7.16. The molecule has 3 N–H and O–H groups in total. The van der Waals surface area contributed by atoms with Crippen LogP contribution >= 0.6 is 0 Å². The third kappa shape index (κ3) is 3.08. The first-order valence-electron chi connectivity index (χ1n) is 5.37. The van der Waals surface area contributed by atoms with E-state index in [1.54, 1.807) is 0 Å². The van der Waals surface area contributed by atoms with Gasteiger partial charge in [-0.15, -0.1) is 0 Å². The molecule has 0 aliphatic carbocycles. The molecule has 0 amide bonds. The van der Waals surface area contributed by atoms with Crippen LogP contribution in [0.15, 0.2) is 54.6 Å². The number of hydrogen-bond donors (Lipinski definition) is 2. The third-order valence-electron chi connectivity index (χ3n) is 2.39. The molecule has 0 fully saturated rings. The first kappa shape index (κ1) is 11.2. The molecule has 0 aliphatic rings. The smallest absolute Gasteiger partial charge is 0.122 e. The first-order valence-corrected chi connectivity index (χ1v) is 5.37. The van der Waals surface area contributed by atoms with Crippen molar-refractivity contribution in [3.05, 3.63) is 65.7 Å². The standard InChI is InChI=1S/C14H14N2O/c15-14(16)12-6-4-5-11(9-12)10-17-13-7-2-1-3-8-13/h1-9H,10H2,(H3,15,16). The van der Waals surface area contributed by atoms with E-state index >= 15 is 0 Å².